The predicted molar refractivity (Wildman–Crippen MR) is 135 cm³/mol. The molecule has 1 unspecified atom stereocenters. The van der Waals surface area contributed by atoms with Gasteiger partial charge in [0, 0.05) is 38.8 Å². The minimum Gasteiger partial charge on any atom is -0.465 e. The quantitative estimate of drug-likeness (QED) is 0.514. The second kappa shape index (κ2) is 11.7. The second-order valence-electron chi connectivity index (χ2n) is 9.99. The minimum atomic E-state index is -1.09. The molecule has 0 aliphatic carbocycles. The molecular formula is C26H34N6O5. The molecule has 0 spiro atoms. The third-order valence-electron chi connectivity index (χ3n) is 7.08. The number of morpholine rings is 1. The average molecular weight is 511 g/mol. The van der Waals surface area contributed by atoms with Gasteiger partial charge in [-0.3, -0.25) is 9.59 Å². The fourth-order valence-electron chi connectivity index (χ4n) is 5.21. The molecule has 11 heteroatoms. The molecule has 2 aliphatic rings. The molecule has 4 rings (SSSR count). The first-order chi connectivity index (χ1) is 17.8. The molecule has 2 fully saturated rings. The van der Waals surface area contributed by atoms with Crippen LogP contribution in [0.5, 0.6) is 0 Å². The van der Waals surface area contributed by atoms with Crippen molar-refractivity contribution >= 4 is 28.8 Å². The van der Waals surface area contributed by atoms with Crippen molar-refractivity contribution in [3.8, 4) is 6.07 Å². The van der Waals surface area contributed by atoms with Gasteiger partial charge >= 0.3 is 6.09 Å². The number of ether oxygens (including phenoxy) is 1. The largest absolute Gasteiger partial charge is 0.465 e. The summed E-state index contributed by atoms with van der Waals surface area (Å²) < 4.78 is 7.13. The number of nitrogens with zero attached hydrogens (tertiary/aromatic N) is 5. The number of benzene rings is 1. The number of para-hydroxylation sites is 2. The summed E-state index contributed by atoms with van der Waals surface area (Å²) in [6, 6.07) is 8.54. The van der Waals surface area contributed by atoms with Gasteiger partial charge in [-0.15, -0.1) is 0 Å². The number of Topliss-reactive ketones (excluding diaryl/α,β-unsaturated/α-hetero) is 1. The van der Waals surface area contributed by atoms with Crippen LogP contribution in [0.1, 0.15) is 37.3 Å². The lowest BCUT2D eigenvalue weighted by Crippen LogP contribution is -2.58. The topological polar surface area (TPSA) is 141 Å². The second-order valence-corrected chi connectivity index (χ2v) is 9.99. The number of carboxylic acid groups (broad SMARTS) is 1. The summed E-state index contributed by atoms with van der Waals surface area (Å²) in [5.74, 6) is -0.636. The molecule has 37 heavy (non-hydrogen) atoms. The summed E-state index contributed by atoms with van der Waals surface area (Å²) in [4.78, 5) is 46.5. The number of rotatable bonds is 8. The van der Waals surface area contributed by atoms with Gasteiger partial charge in [0.05, 0.1) is 48.7 Å². The predicted octanol–water partition coefficient (Wildman–Crippen LogP) is 1.97. The van der Waals surface area contributed by atoms with Crippen LogP contribution in [0.15, 0.2) is 24.3 Å². The Labute approximate surface area is 216 Å². The van der Waals surface area contributed by atoms with Gasteiger partial charge in [0.2, 0.25) is 11.7 Å². The first-order valence-corrected chi connectivity index (χ1v) is 12.8. The van der Waals surface area contributed by atoms with E-state index in [-0.39, 0.29) is 49.0 Å². The summed E-state index contributed by atoms with van der Waals surface area (Å²) >= 11 is 0. The Morgan fingerprint density at radius 1 is 1.19 bits per heavy atom. The first-order valence-electron chi connectivity index (χ1n) is 12.8. The lowest BCUT2D eigenvalue weighted by Gasteiger charge is -2.40. The van der Waals surface area contributed by atoms with Gasteiger partial charge in [-0.1, -0.05) is 26.0 Å². The molecule has 2 aromatic rings. The normalized spacial score (nSPS) is 21.1. The number of hydrogen-bond donors (Lipinski definition) is 2. The third-order valence-corrected chi connectivity index (χ3v) is 7.08. The van der Waals surface area contributed by atoms with Crippen molar-refractivity contribution in [2.75, 3.05) is 39.4 Å². The maximum Gasteiger partial charge on any atom is 0.407 e. The number of aromatic nitrogens is 2. The molecule has 11 nitrogen and oxygen atoms in total. The number of nitriles is 1. The first kappa shape index (κ1) is 26.6. The van der Waals surface area contributed by atoms with Crippen LogP contribution in [0.3, 0.4) is 0 Å². The van der Waals surface area contributed by atoms with Crippen molar-refractivity contribution in [1.82, 2.24) is 24.7 Å². The molecule has 1 aromatic carbocycles. The molecule has 3 atom stereocenters. The van der Waals surface area contributed by atoms with Crippen molar-refractivity contribution in [1.29, 1.82) is 5.26 Å². The maximum absolute atomic E-state index is 13.8. The van der Waals surface area contributed by atoms with Crippen LogP contribution in [0.25, 0.3) is 11.0 Å². The van der Waals surface area contributed by atoms with E-state index in [4.69, 9.17) is 10.00 Å². The zero-order valence-electron chi connectivity index (χ0n) is 21.3. The lowest BCUT2D eigenvalue weighted by atomic mass is 9.90. The zero-order chi connectivity index (χ0) is 26.5. The number of imidazole rings is 1. The van der Waals surface area contributed by atoms with Crippen molar-refractivity contribution in [2.45, 2.75) is 45.3 Å². The molecule has 2 amide bonds. The van der Waals surface area contributed by atoms with Crippen LogP contribution >= 0.6 is 0 Å². The molecule has 3 heterocycles. The number of aryl methyl sites for hydroxylation is 1. The number of amides is 2. The maximum atomic E-state index is 13.8. The standard InChI is InChI=1S/C26H34N6O5/c1-17(2)22(23(33)24-29-20-6-3-4-7-21(20)32(24)9-5-8-27)28-19-14-18(15-31(16-19)26(35)36)25(34)30-10-12-37-13-11-30/h3-4,6-7,17-19,22,28H,5,9-16H2,1-2H3,(H,35,36)/t18-,19+,22?/m1/s1. The van der Waals surface area contributed by atoms with Crippen molar-refractivity contribution in [2.24, 2.45) is 11.8 Å². The molecule has 1 aromatic heterocycles. The Bertz CT molecular complexity index is 1180. The summed E-state index contributed by atoms with van der Waals surface area (Å²) in [5, 5.41) is 22.3. The van der Waals surface area contributed by atoms with Crippen LogP contribution < -0.4 is 5.32 Å². The summed E-state index contributed by atoms with van der Waals surface area (Å²) in [7, 11) is 0. The summed E-state index contributed by atoms with van der Waals surface area (Å²) in [6.45, 7) is 6.43. The smallest absolute Gasteiger partial charge is 0.407 e. The van der Waals surface area contributed by atoms with Crippen molar-refractivity contribution in [3.05, 3.63) is 30.1 Å². The fourth-order valence-corrected chi connectivity index (χ4v) is 5.21. The Morgan fingerprint density at radius 3 is 2.59 bits per heavy atom. The van der Waals surface area contributed by atoms with E-state index < -0.39 is 18.1 Å². The van der Waals surface area contributed by atoms with Crippen LogP contribution in [0.2, 0.25) is 0 Å². The highest BCUT2D eigenvalue weighted by molar-refractivity contribution is 6.00. The molecule has 198 valence electrons. The van der Waals surface area contributed by atoms with E-state index in [1.165, 1.54) is 4.90 Å². The zero-order valence-corrected chi connectivity index (χ0v) is 21.3. The Balaban J connectivity index is 1.57. The van der Waals surface area contributed by atoms with Gasteiger partial charge < -0.3 is 29.5 Å². The fraction of sp³-hybridized carbons (Fsp3) is 0.577. The number of ketones is 1. The average Bonchev–Trinajstić information content (AvgIpc) is 3.28. The van der Waals surface area contributed by atoms with Crippen molar-refractivity contribution < 1.29 is 24.2 Å². The molecule has 2 saturated heterocycles. The number of piperidine rings is 1. The van der Waals surface area contributed by atoms with E-state index in [0.29, 0.717) is 44.8 Å². The van der Waals surface area contributed by atoms with E-state index in [1.807, 2.05) is 38.1 Å². The van der Waals surface area contributed by atoms with Gasteiger partial charge in [0.1, 0.15) is 0 Å². The van der Waals surface area contributed by atoms with Crippen LogP contribution in [0, 0.1) is 23.2 Å². The highest BCUT2D eigenvalue weighted by atomic mass is 16.5. The van der Waals surface area contributed by atoms with Gasteiger partial charge in [-0.05, 0) is 24.5 Å². The monoisotopic (exact) mass is 510 g/mol. The number of hydrogen-bond acceptors (Lipinski definition) is 7. The molecule has 2 N–H and O–H groups in total. The molecular weight excluding hydrogens is 476 g/mol. The molecule has 0 radical (unpaired) electrons. The van der Waals surface area contributed by atoms with E-state index in [9.17, 15) is 19.5 Å². The van der Waals surface area contributed by atoms with Gasteiger partial charge in [-0.2, -0.15) is 5.26 Å². The molecule has 2 aliphatic heterocycles. The molecule has 0 saturated carbocycles. The van der Waals surface area contributed by atoms with Gasteiger partial charge in [0.25, 0.3) is 0 Å². The summed E-state index contributed by atoms with van der Waals surface area (Å²) in [6.07, 6.45) is -0.416. The summed E-state index contributed by atoms with van der Waals surface area (Å²) in [5.41, 5.74) is 1.46. The minimum absolute atomic E-state index is 0.0771. The third kappa shape index (κ3) is 5.92. The van der Waals surface area contributed by atoms with E-state index in [1.54, 1.807) is 9.47 Å². The van der Waals surface area contributed by atoms with E-state index in [2.05, 4.69) is 16.4 Å². The number of nitrogens with one attached hydrogen (secondary N) is 1. The van der Waals surface area contributed by atoms with Crippen LogP contribution in [-0.2, 0) is 16.1 Å². The number of carbonyl (C=O) groups excluding carboxylic acids is 2. The Hall–Kier alpha value is -3.49. The van der Waals surface area contributed by atoms with E-state index in [0.717, 1.165) is 5.52 Å². The van der Waals surface area contributed by atoms with Gasteiger partial charge in [-0.25, -0.2) is 9.78 Å². The highest BCUT2D eigenvalue weighted by Gasteiger charge is 2.39. The number of carbonyl (C=O) groups is 3. The van der Waals surface area contributed by atoms with Crippen LogP contribution in [-0.4, -0.2) is 93.7 Å². The Morgan fingerprint density at radius 2 is 1.92 bits per heavy atom. The van der Waals surface area contributed by atoms with Crippen LogP contribution in [0.4, 0.5) is 4.79 Å². The van der Waals surface area contributed by atoms with E-state index >= 15 is 0 Å². The number of fused-ring (bicyclic) bond motifs is 1. The van der Waals surface area contributed by atoms with Gasteiger partial charge in [0.15, 0.2) is 5.82 Å². The lowest BCUT2D eigenvalue weighted by molar-refractivity contribution is -0.141. The van der Waals surface area contributed by atoms with Crippen molar-refractivity contribution in [3.63, 3.8) is 0 Å². The Kier molecular flexibility index (Phi) is 8.41. The number of likely N-dealkylation sites (tertiary alicyclic amines) is 1. The molecule has 0 bridgehead atoms. The SMILES string of the molecule is CC(C)C(N[C@H]1C[C@@H](C(=O)N2CCOCC2)CN(C(=O)O)C1)C(=O)c1nc2ccccc2n1CCC#N. The highest BCUT2D eigenvalue weighted by Crippen LogP contribution is 2.24.